The van der Waals surface area contributed by atoms with Crippen molar-refractivity contribution >= 4 is 12.4 Å². The number of carbonyl (C=O) groups is 2. The van der Waals surface area contributed by atoms with Gasteiger partial charge in [0.25, 0.3) is 0 Å². The van der Waals surface area contributed by atoms with Crippen LogP contribution < -0.4 is 5.32 Å². The highest BCUT2D eigenvalue weighted by Crippen LogP contribution is 2.27. The Morgan fingerprint density at radius 1 is 1.24 bits per heavy atom. The van der Waals surface area contributed by atoms with Crippen molar-refractivity contribution in [3.8, 4) is 0 Å². The summed E-state index contributed by atoms with van der Waals surface area (Å²) < 4.78 is 5.14. The monoisotopic (exact) mass is 289 g/mol. The minimum atomic E-state index is -0.522. The number of benzene rings is 1. The minimum absolute atomic E-state index is 0.224. The third-order valence-electron chi connectivity index (χ3n) is 3.99. The topological polar surface area (TPSA) is 55.4 Å². The molecule has 1 amide bonds. The first kappa shape index (κ1) is 15.5. The van der Waals surface area contributed by atoms with Gasteiger partial charge in [0.15, 0.2) is 0 Å². The Bertz CT molecular complexity index is 441. The molecule has 0 saturated heterocycles. The van der Waals surface area contributed by atoms with Crippen LogP contribution >= 0.6 is 0 Å². The lowest BCUT2D eigenvalue weighted by Gasteiger charge is -2.24. The van der Waals surface area contributed by atoms with Gasteiger partial charge in [-0.25, -0.2) is 4.79 Å². The molecule has 2 rings (SSSR count). The highest BCUT2D eigenvalue weighted by Gasteiger charge is 2.20. The summed E-state index contributed by atoms with van der Waals surface area (Å²) in [5, 5.41) is 2.66. The van der Waals surface area contributed by atoms with Gasteiger partial charge >= 0.3 is 6.09 Å². The van der Waals surface area contributed by atoms with Crippen molar-refractivity contribution in [2.75, 3.05) is 0 Å². The molecule has 1 fully saturated rings. The number of hydrogen-bond donors (Lipinski definition) is 1. The van der Waals surface area contributed by atoms with Crippen molar-refractivity contribution in [1.82, 2.24) is 5.32 Å². The summed E-state index contributed by atoms with van der Waals surface area (Å²) in [6.07, 6.45) is 7.09. The summed E-state index contributed by atoms with van der Waals surface area (Å²) in [7, 11) is 0. The molecule has 0 bridgehead atoms. The normalized spacial score (nSPS) is 17.0. The van der Waals surface area contributed by atoms with Crippen LogP contribution in [0.1, 0.15) is 44.1 Å². The molecule has 1 atom stereocenters. The smallest absolute Gasteiger partial charge is 0.408 e. The van der Waals surface area contributed by atoms with Gasteiger partial charge in [0.05, 0.1) is 6.04 Å². The van der Waals surface area contributed by atoms with Gasteiger partial charge in [0.1, 0.15) is 12.9 Å². The van der Waals surface area contributed by atoms with Crippen LogP contribution in [0, 0.1) is 5.92 Å². The van der Waals surface area contributed by atoms with E-state index in [1.54, 1.807) is 0 Å². The van der Waals surface area contributed by atoms with E-state index in [2.05, 4.69) is 5.32 Å². The summed E-state index contributed by atoms with van der Waals surface area (Å²) in [4.78, 5) is 22.9. The number of aldehydes is 1. The van der Waals surface area contributed by atoms with Crippen molar-refractivity contribution in [3.63, 3.8) is 0 Å². The van der Waals surface area contributed by atoms with Gasteiger partial charge in [-0.05, 0) is 17.9 Å². The zero-order chi connectivity index (χ0) is 14.9. The lowest BCUT2D eigenvalue weighted by Crippen LogP contribution is -2.38. The molecule has 4 nitrogen and oxygen atoms in total. The van der Waals surface area contributed by atoms with E-state index in [1.165, 1.54) is 19.3 Å². The Labute approximate surface area is 125 Å². The van der Waals surface area contributed by atoms with Gasteiger partial charge in [0.2, 0.25) is 0 Å². The third-order valence-corrected chi connectivity index (χ3v) is 3.99. The highest BCUT2D eigenvalue weighted by atomic mass is 16.5. The van der Waals surface area contributed by atoms with Crippen molar-refractivity contribution < 1.29 is 14.3 Å². The summed E-state index contributed by atoms with van der Waals surface area (Å²) in [6, 6.07) is 9.06. The second-order valence-electron chi connectivity index (χ2n) is 5.69. The summed E-state index contributed by atoms with van der Waals surface area (Å²) in [5.41, 5.74) is 0.933. The van der Waals surface area contributed by atoms with Crippen LogP contribution in [-0.2, 0) is 16.1 Å². The lowest BCUT2D eigenvalue weighted by atomic mass is 9.85. The third kappa shape index (κ3) is 5.58. The summed E-state index contributed by atoms with van der Waals surface area (Å²) >= 11 is 0. The van der Waals surface area contributed by atoms with E-state index in [0.29, 0.717) is 5.92 Å². The number of hydrogen-bond acceptors (Lipinski definition) is 3. The van der Waals surface area contributed by atoms with E-state index >= 15 is 0 Å². The molecule has 0 heterocycles. The Balaban J connectivity index is 1.72. The summed E-state index contributed by atoms with van der Waals surface area (Å²) in [5.74, 6) is 0.545. The first-order valence-electron chi connectivity index (χ1n) is 7.70. The van der Waals surface area contributed by atoms with Gasteiger partial charge in [-0.2, -0.15) is 0 Å². The van der Waals surface area contributed by atoms with Crippen molar-refractivity contribution in [2.24, 2.45) is 5.92 Å². The zero-order valence-electron chi connectivity index (χ0n) is 12.3. The van der Waals surface area contributed by atoms with E-state index in [4.69, 9.17) is 4.74 Å². The van der Waals surface area contributed by atoms with Gasteiger partial charge in [-0.3, -0.25) is 0 Å². The molecule has 0 aromatic heterocycles. The van der Waals surface area contributed by atoms with Gasteiger partial charge in [-0.15, -0.1) is 0 Å². The van der Waals surface area contributed by atoms with E-state index in [0.717, 1.165) is 31.1 Å². The molecule has 4 heteroatoms. The zero-order valence-corrected chi connectivity index (χ0v) is 12.3. The van der Waals surface area contributed by atoms with Crippen LogP contribution in [0.2, 0.25) is 0 Å². The molecule has 21 heavy (non-hydrogen) atoms. The van der Waals surface area contributed by atoms with Gasteiger partial charge < -0.3 is 14.8 Å². The van der Waals surface area contributed by atoms with E-state index in [1.807, 2.05) is 30.3 Å². The predicted molar refractivity (Wildman–Crippen MR) is 80.8 cm³/mol. The number of rotatable bonds is 6. The molecule has 1 aliphatic carbocycles. The summed E-state index contributed by atoms with van der Waals surface area (Å²) in [6.45, 7) is 0.224. The molecular formula is C17H23NO3. The van der Waals surface area contributed by atoms with Crippen molar-refractivity contribution in [1.29, 1.82) is 0 Å². The van der Waals surface area contributed by atoms with Crippen LogP contribution in [0.5, 0.6) is 0 Å². The fraction of sp³-hybridized carbons (Fsp3) is 0.529. The molecule has 1 aromatic carbocycles. The Hall–Kier alpha value is -1.84. The van der Waals surface area contributed by atoms with Crippen LogP contribution in [-0.4, -0.2) is 18.4 Å². The molecule has 1 aliphatic rings. The van der Waals surface area contributed by atoms with Crippen LogP contribution in [0.15, 0.2) is 30.3 Å². The SMILES string of the molecule is O=C[C@H](CC1CCCCC1)NC(=O)OCc1ccccc1. The van der Waals surface area contributed by atoms with Gasteiger partial charge in [0, 0.05) is 0 Å². The van der Waals surface area contributed by atoms with Crippen molar-refractivity contribution in [3.05, 3.63) is 35.9 Å². The molecule has 1 N–H and O–H groups in total. The molecule has 0 spiro atoms. The Kier molecular flexibility index (Phi) is 6.25. The van der Waals surface area contributed by atoms with E-state index in [9.17, 15) is 9.59 Å². The van der Waals surface area contributed by atoms with Gasteiger partial charge in [-0.1, -0.05) is 62.4 Å². The molecule has 114 valence electrons. The number of carbonyl (C=O) groups excluding carboxylic acids is 2. The largest absolute Gasteiger partial charge is 0.445 e. The van der Waals surface area contributed by atoms with Crippen LogP contribution in [0.3, 0.4) is 0 Å². The first-order chi connectivity index (χ1) is 10.3. The molecule has 0 aliphatic heterocycles. The van der Waals surface area contributed by atoms with E-state index < -0.39 is 12.1 Å². The molecular weight excluding hydrogens is 266 g/mol. The molecule has 1 aromatic rings. The number of alkyl carbamates (subject to hydrolysis) is 1. The number of ether oxygens (including phenoxy) is 1. The first-order valence-corrected chi connectivity index (χ1v) is 7.70. The maximum absolute atomic E-state index is 11.7. The van der Waals surface area contributed by atoms with Crippen LogP contribution in [0.25, 0.3) is 0 Å². The highest BCUT2D eigenvalue weighted by molar-refractivity contribution is 5.73. The molecule has 0 unspecified atom stereocenters. The maximum Gasteiger partial charge on any atom is 0.408 e. The standard InChI is InChI=1S/C17H23NO3/c19-12-16(11-14-7-3-1-4-8-14)18-17(20)21-13-15-9-5-2-6-10-15/h2,5-6,9-10,12,14,16H,1,3-4,7-8,11,13H2,(H,18,20)/t16-/m0/s1. The Morgan fingerprint density at radius 3 is 2.62 bits per heavy atom. The van der Waals surface area contributed by atoms with Crippen LogP contribution in [0.4, 0.5) is 4.79 Å². The average Bonchev–Trinajstić information content (AvgIpc) is 2.54. The molecule has 0 radical (unpaired) electrons. The number of amides is 1. The fourth-order valence-electron chi connectivity index (χ4n) is 2.85. The second-order valence-corrected chi connectivity index (χ2v) is 5.69. The average molecular weight is 289 g/mol. The fourth-order valence-corrected chi connectivity index (χ4v) is 2.85. The molecule has 1 saturated carbocycles. The quantitative estimate of drug-likeness (QED) is 0.816. The maximum atomic E-state index is 11.7. The Morgan fingerprint density at radius 2 is 1.95 bits per heavy atom. The van der Waals surface area contributed by atoms with Crippen molar-refractivity contribution in [2.45, 2.75) is 51.2 Å². The minimum Gasteiger partial charge on any atom is -0.445 e. The second kappa shape index (κ2) is 8.45. The lowest BCUT2D eigenvalue weighted by molar-refractivity contribution is -0.110. The predicted octanol–water partition coefficient (Wildman–Crippen LogP) is 3.45. The van der Waals surface area contributed by atoms with E-state index in [-0.39, 0.29) is 6.61 Å². The number of nitrogens with one attached hydrogen (secondary N) is 1.